The van der Waals surface area contributed by atoms with Crippen molar-refractivity contribution in [3.63, 3.8) is 0 Å². The predicted molar refractivity (Wildman–Crippen MR) is 90.3 cm³/mol. The van der Waals surface area contributed by atoms with E-state index in [1.807, 2.05) is 5.32 Å². The van der Waals surface area contributed by atoms with E-state index in [4.69, 9.17) is 0 Å². The molecule has 0 spiro atoms. The van der Waals surface area contributed by atoms with Gasteiger partial charge < -0.3 is 15.4 Å². The van der Waals surface area contributed by atoms with Crippen LogP contribution in [0.4, 0.5) is 19.0 Å². The summed E-state index contributed by atoms with van der Waals surface area (Å²) in [4.78, 5) is 28.1. The minimum atomic E-state index is -5.22. The quantitative estimate of drug-likeness (QED) is 0.561. The molecule has 1 aromatic carbocycles. The average Bonchev–Trinajstić information content (AvgIpc) is 2.62. The summed E-state index contributed by atoms with van der Waals surface area (Å²) in [5, 5.41) is 3.65. The number of alkyl halides is 3. The second kappa shape index (κ2) is 7.73. The third kappa shape index (κ3) is 4.13. The summed E-state index contributed by atoms with van der Waals surface area (Å²) in [5.41, 5.74) is -3.58. The van der Waals surface area contributed by atoms with E-state index in [1.54, 1.807) is 11.4 Å². The highest BCUT2D eigenvalue weighted by molar-refractivity contribution is 9.10. The molecule has 1 heterocycles. The molecule has 0 saturated carbocycles. The molecular formula is C16H13BrF3N3O3. The van der Waals surface area contributed by atoms with Crippen LogP contribution in [0.25, 0.3) is 0 Å². The molecule has 0 radical (unpaired) electrons. The Morgan fingerprint density at radius 3 is 2.27 bits per heavy atom. The maximum atomic E-state index is 13.8. The summed E-state index contributed by atoms with van der Waals surface area (Å²) >= 11 is 3.10. The molecule has 1 aromatic heterocycles. The number of carbonyl (C=O) groups excluding carboxylic acids is 2. The fourth-order valence-corrected chi connectivity index (χ4v) is 2.25. The largest absolute Gasteiger partial charge is 0.466 e. The summed E-state index contributed by atoms with van der Waals surface area (Å²) in [6, 6.07) is 9.81. The van der Waals surface area contributed by atoms with E-state index < -0.39 is 23.7 Å². The van der Waals surface area contributed by atoms with Crippen LogP contribution < -0.4 is 10.6 Å². The molecule has 0 aliphatic carbocycles. The van der Waals surface area contributed by atoms with Gasteiger partial charge in [-0.25, -0.2) is 9.78 Å². The van der Waals surface area contributed by atoms with Gasteiger partial charge in [0.2, 0.25) is 0 Å². The minimum Gasteiger partial charge on any atom is -0.466 e. The number of esters is 1. The number of aromatic nitrogens is 1. The minimum absolute atomic E-state index is 0.0596. The Morgan fingerprint density at radius 1 is 1.12 bits per heavy atom. The lowest BCUT2D eigenvalue weighted by molar-refractivity contribution is -0.203. The van der Waals surface area contributed by atoms with Gasteiger partial charge in [0.05, 0.1) is 7.11 Å². The summed E-state index contributed by atoms with van der Waals surface area (Å²) < 4.78 is 46.3. The van der Waals surface area contributed by atoms with E-state index >= 15 is 0 Å². The van der Waals surface area contributed by atoms with Crippen LogP contribution in [0.15, 0.2) is 53.1 Å². The highest BCUT2D eigenvalue weighted by atomic mass is 79.9. The molecule has 2 N–H and O–H groups in total. The van der Waals surface area contributed by atoms with E-state index in [2.05, 4.69) is 25.7 Å². The van der Waals surface area contributed by atoms with Crippen LogP contribution in [0.5, 0.6) is 0 Å². The van der Waals surface area contributed by atoms with Crippen LogP contribution in [-0.4, -0.2) is 35.8 Å². The van der Waals surface area contributed by atoms with E-state index in [1.165, 1.54) is 42.6 Å². The van der Waals surface area contributed by atoms with E-state index in [9.17, 15) is 22.8 Å². The Labute approximate surface area is 154 Å². The molecule has 0 bridgehead atoms. The summed E-state index contributed by atoms with van der Waals surface area (Å²) in [5.74, 6) is -3.14. The van der Waals surface area contributed by atoms with Crippen LogP contribution in [0, 0.1) is 0 Å². The number of nitrogens with zero attached hydrogens (tertiary/aromatic N) is 1. The second-order valence-corrected chi connectivity index (χ2v) is 5.96. The number of anilines is 1. The molecule has 1 amide bonds. The van der Waals surface area contributed by atoms with E-state index in [0.29, 0.717) is 4.47 Å². The summed E-state index contributed by atoms with van der Waals surface area (Å²) in [6.07, 6.45) is -3.99. The lowest BCUT2D eigenvalue weighted by Crippen LogP contribution is -2.69. The first-order valence-corrected chi connectivity index (χ1v) is 7.91. The number of halogens is 4. The highest BCUT2D eigenvalue weighted by Crippen LogP contribution is 2.33. The first kappa shape index (κ1) is 19.7. The number of pyridine rings is 1. The van der Waals surface area contributed by atoms with Crippen molar-refractivity contribution in [1.29, 1.82) is 0 Å². The lowest BCUT2D eigenvalue weighted by Gasteiger charge is -2.34. The zero-order valence-corrected chi connectivity index (χ0v) is 14.9. The fourth-order valence-electron chi connectivity index (χ4n) is 2.02. The molecule has 0 fully saturated rings. The van der Waals surface area contributed by atoms with Crippen LogP contribution in [0.1, 0.15) is 10.4 Å². The van der Waals surface area contributed by atoms with Crippen molar-refractivity contribution in [3.05, 3.63) is 58.7 Å². The van der Waals surface area contributed by atoms with Gasteiger partial charge in [-0.2, -0.15) is 13.2 Å². The van der Waals surface area contributed by atoms with Crippen molar-refractivity contribution in [1.82, 2.24) is 10.3 Å². The van der Waals surface area contributed by atoms with Gasteiger partial charge in [-0.05, 0) is 40.2 Å². The number of rotatable bonds is 5. The molecule has 0 saturated heterocycles. The van der Waals surface area contributed by atoms with Gasteiger partial charge in [-0.1, -0.05) is 18.2 Å². The van der Waals surface area contributed by atoms with Gasteiger partial charge in [0.1, 0.15) is 5.82 Å². The summed E-state index contributed by atoms with van der Waals surface area (Å²) in [6.45, 7) is 0. The van der Waals surface area contributed by atoms with Gasteiger partial charge in [-0.15, -0.1) is 0 Å². The zero-order valence-electron chi connectivity index (χ0n) is 13.3. The number of hydrogen-bond donors (Lipinski definition) is 2. The molecule has 26 heavy (non-hydrogen) atoms. The summed E-state index contributed by atoms with van der Waals surface area (Å²) in [7, 11) is 0.786. The molecule has 6 nitrogen and oxygen atoms in total. The van der Waals surface area contributed by atoms with Crippen LogP contribution in [-0.2, 0) is 9.53 Å². The van der Waals surface area contributed by atoms with Crippen LogP contribution in [0.3, 0.4) is 0 Å². The maximum absolute atomic E-state index is 13.8. The Kier molecular flexibility index (Phi) is 5.86. The lowest BCUT2D eigenvalue weighted by atomic mass is 10.1. The van der Waals surface area contributed by atoms with Gasteiger partial charge >= 0.3 is 17.8 Å². The molecule has 1 atom stereocenters. The van der Waals surface area contributed by atoms with Gasteiger partial charge in [0.15, 0.2) is 0 Å². The number of ether oxygens (including phenoxy) is 1. The number of hydrogen-bond acceptors (Lipinski definition) is 5. The second-order valence-electron chi connectivity index (χ2n) is 5.05. The molecular weight excluding hydrogens is 419 g/mol. The Morgan fingerprint density at radius 2 is 1.77 bits per heavy atom. The first-order chi connectivity index (χ1) is 12.2. The Balaban J connectivity index is 2.47. The molecule has 10 heteroatoms. The van der Waals surface area contributed by atoms with Crippen molar-refractivity contribution >= 4 is 33.6 Å². The molecule has 1 unspecified atom stereocenters. The third-order valence-electron chi connectivity index (χ3n) is 3.30. The van der Waals surface area contributed by atoms with Gasteiger partial charge in [0, 0.05) is 16.2 Å². The van der Waals surface area contributed by atoms with Gasteiger partial charge in [0.25, 0.3) is 5.91 Å². The van der Waals surface area contributed by atoms with Crippen molar-refractivity contribution in [2.24, 2.45) is 0 Å². The number of amides is 1. The number of methoxy groups -OCH3 is 1. The first-order valence-electron chi connectivity index (χ1n) is 7.12. The molecule has 138 valence electrons. The number of nitrogens with one attached hydrogen (secondary N) is 2. The molecule has 0 aliphatic heterocycles. The molecule has 2 rings (SSSR count). The number of benzene rings is 1. The third-order valence-corrected chi connectivity index (χ3v) is 3.77. The maximum Gasteiger partial charge on any atom is 0.441 e. The Hall–Kier alpha value is -2.62. The van der Waals surface area contributed by atoms with E-state index in [-0.39, 0.29) is 11.4 Å². The standard InChI is InChI=1S/C16H13BrF3N3O3/c1-26-14(25)15(16(18,19)20,22-12-8-7-11(17)9-21-12)23-13(24)10-5-3-2-4-6-10/h2-9H,1H3,(H,21,22)(H,23,24). The van der Waals surface area contributed by atoms with Crippen molar-refractivity contribution in [2.75, 3.05) is 12.4 Å². The van der Waals surface area contributed by atoms with Gasteiger partial charge in [-0.3, -0.25) is 4.79 Å². The topological polar surface area (TPSA) is 80.3 Å². The molecule has 2 aromatic rings. The van der Waals surface area contributed by atoms with Crippen molar-refractivity contribution < 1.29 is 27.5 Å². The predicted octanol–water partition coefficient (Wildman–Crippen LogP) is 3.12. The SMILES string of the molecule is COC(=O)C(NC(=O)c1ccccc1)(Nc1ccc(Br)cn1)C(F)(F)F. The highest BCUT2D eigenvalue weighted by Gasteiger charge is 2.63. The molecule has 0 aliphatic rings. The van der Waals surface area contributed by atoms with Crippen molar-refractivity contribution in [2.45, 2.75) is 11.8 Å². The average molecular weight is 432 g/mol. The monoisotopic (exact) mass is 431 g/mol. The van der Waals surface area contributed by atoms with E-state index in [0.717, 1.165) is 7.11 Å². The normalized spacial score (nSPS) is 13.4. The zero-order chi connectivity index (χ0) is 19.4. The van der Waals surface area contributed by atoms with Crippen molar-refractivity contribution in [3.8, 4) is 0 Å². The number of carbonyl (C=O) groups is 2. The smallest absolute Gasteiger partial charge is 0.441 e. The fraction of sp³-hybridized carbons (Fsp3) is 0.188. The van der Waals surface area contributed by atoms with Crippen LogP contribution in [0.2, 0.25) is 0 Å². The van der Waals surface area contributed by atoms with Crippen LogP contribution >= 0.6 is 15.9 Å². The Bertz CT molecular complexity index is 785.